The number of unbranched alkanes of at least 4 members (excludes halogenated alkanes) is 1. The Morgan fingerprint density at radius 1 is 1.24 bits per heavy atom. The third-order valence-corrected chi connectivity index (χ3v) is 7.06. The fourth-order valence-corrected chi connectivity index (χ4v) is 5.56. The smallest absolute Gasteiger partial charge is 0.451 e. The van der Waals surface area contributed by atoms with E-state index in [0.29, 0.717) is 25.3 Å². The third kappa shape index (κ3) is 4.69. The predicted octanol–water partition coefficient (Wildman–Crippen LogP) is 2.45. The second-order valence-corrected chi connectivity index (χ2v) is 9.65. The molecule has 0 aromatic heterocycles. The summed E-state index contributed by atoms with van der Waals surface area (Å²) in [6, 6.07) is 9.04. The first-order chi connectivity index (χ1) is 13.6. The normalized spacial score (nSPS) is 24.1. The van der Waals surface area contributed by atoms with Gasteiger partial charge in [0.05, 0.1) is 0 Å². The van der Waals surface area contributed by atoms with Gasteiger partial charge in [-0.25, -0.2) is 0 Å². The van der Waals surface area contributed by atoms with Gasteiger partial charge in [0.2, 0.25) is 0 Å². The maximum Gasteiger partial charge on any atom is 0.451 e. The van der Waals surface area contributed by atoms with E-state index in [1.165, 1.54) is 11.1 Å². The van der Waals surface area contributed by atoms with Crippen molar-refractivity contribution < 1.29 is 19.9 Å². The standard InChI is InChI=1S/C22H35BN2O4/c1-21(2)15-16-7-3-4-8-18(16)19(21)25-13-9-17(10-14-25)22(24,20(26)27)11-5-6-12-23(28)29/h3-4,7-8,17,19,28-29H,5-6,9-15,24H2,1-2H3,(H,26,27). The van der Waals surface area contributed by atoms with Crippen molar-refractivity contribution in [2.24, 2.45) is 17.1 Å². The molecule has 5 N–H and O–H groups in total. The van der Waals surface area contributed by atoms with E-state index in [4.69, 9.17) is 15.8 Å². The minimum atomic E-state index is -1.34. The molecule has 1 aromatic rings. The van der Waals surface area contributed by atoms with Crippen LogP contribution in [0.3, 0.4) is 0 Å². The zero-order valence-corrected chi connectivity index (χ0v) is 17.7. The maximum absolute atomic E-state index is 12.0. The zero-order valence-electron chi connectivity index (χ0n) is 17.7. The van der Waals surface area contributed by atoms with Crippen LogP contribution >= 0.6 is 0 Å². The quantitative estimate of drug-likeness (QED) is 0.393. The summed E-state index contributed by atoms with van der Waals surface area (Å²) in [6.45, 7) is 6.36. The van der Waals surface area contributed by atoms with E-state index in [0.717, 1.165) is 32.4 Å². The number of nitrogens with zero attached hydrogens (tertiary/aromatic N) is 1. The van der Waals surface area contributed by atoms with Crippen LogP contribution in [0.25, 0.3) is 0 Å². The van der Waals surface area contributed by atoms with E-state index in [1.807, 2.05) is 0 Å². The Kier molecular flexibility index (Phi) is 6.73. The van der Waals surface area contributed by atoms with Crippen LogP contribution in [0.1, 0.15) is 63.1 Å². The number of likely N-dealkylation sites (tertiary alicyclic amines) is 1. The second kappa shape index (κ2) is 8.76. The molecule has 0 amide bonds. The molecule has 0 radical (unpaired) electrons. The number of carbonyl (C=O) groups is 1. The first-order valence-electron chi connectivity index (χ1n) is 10.9. The molecule has 3 rings (SSSR count). The van der Waals surface area contributed by atoms with Crippen LogP contribution in [0.15, 0.2) is 24.3 Å². The zero-order chi connectivity index (χ0) is 21.2. The van der Waals surface area contributed by atoms with E-state index in [-0.39, 0.29) is 17.7 Å². The highest BCUT2D eigenvalue weighted by Gasteiger charge is 2.47. The van der Waals surface area contributed by atoms with E-state index in [1.54, 1.807) is 0 Å². The van der Waals surface area contributed by atoms with E-state index in [9.17, 15) is 9.90 Å². The molecular weight excluding hydrogens is 367 g/mol. The largest absolute Gasteiger partial charge is 0.480 e. The van der Waals surface area contributed by atoms with E-state index >= 15 is 0 Å². The summed E-state index contributed by atoms with van der Waals surface area (Å²) >= 11 is 0. The van der Waals surface area contributed by atoms with Gasteiger partial charge in [-0.2, -0.15) is 0 Å². The van der Waals surface area contributed by atoms with Gasteiger partial charge < -0.3 is 20.9 Å². The van der Waals surface area contributed by atoms with Crippen molar-refractivity contribution in [1.29, 1.82) is 0 Å². The molecule has 1 fully saturated rings. The van der Waals surface area contributed by atoms with Gasteiger partial charge >= 0.3 is 13.1 Å². The van der Waals surface area contributed by atoms with Crippen LogP contribution in [-0.2, 0) is 11.2 Å². The molecule has 6 nitrogen and oxygen atoms in total. The highest BCUT2D eigenvalue weighted by molar-refractivity contribution is 6.40. The first-order valence-corrected chi connectivity index (χ1v) is 10.9. The van der Waals surface area contributed by atoms with Crippen LogP contribution in [0.2, 0.25) is 6.32 Å². The monoisotopic (exact) mass is 402 g/mol. The summed E-state index contributed by atoms with van der Waals surface area (Å²) < 4.78 is 0. The average molecular weight is 402 g/mol. The third-order valence-electron chi connectivity index (χ3n) is 7.06. The fourth-order valence-electron chi connectivity index (χ4n) is 5.56. The average Bonchev–Trinajstić information content (AvgIpc) is 2.94. The molecule has 0 bridgehead atoms. The number of aliphatic carboxylic acids is 1. The van der Waals surface area contributed by atoms with Crippen molar-refractivity contribution >= 4 is 13.1 Å². The van der Waals surface area contributed by atoms with Crippen LogP contribution in [-0.4, -0.2) is 51.8 Å². The Balaban J connectivity index is 1.65. The molecular formula is C22H35BN2O4. The fraction of sp³-hybridized carbons (Fsp3) is 0.682. The lowest BCUT2D eigenvalue weighted by Gasteiger charge is -2.45. The summed E-state index contributed by atoms with van der Waals surface area (Å²) in [7, 11) is -1.34. The van der Waals surface area contributed by atoms with Crippen LogP contribution in [0, 0.1) is 11.3 Å². The van der Waals surface area contributed by atoms with Crippen molar-refractivity contribution in [3.8, 4) is 0 Å². The molecule has 29 heavy (non-hydrogen) atoms. The van der Waals surface area contributed by atoms with E-state index in [2.05, 4.69) is 43.0 Å². The number of benzene rings is 1. The van der Waals surface area contributed by atoms with Gasteiger partial charge in [-0.05, 0) is 67.6 Å². The minimum Gasteiger partial charge on any atom is -0.480 e. The van der Waals surface area contributed by atoms with Crippen molar-refractivity contribution in [1.82, 2.24) is 4.90 Å². The van der Waals surface area contributed by atoms with Crippen LogP contribution in [0.4, 0.5) is 0 Å². The topological polar surface area (TPSA) is 107 Å². The van der Waals surface area contributed by atoms with Crippen LogP contribution in [0.5, 0.6) is 0 Å². The summed E-state index contributed by atoms with van der Waals surface area (Å²) in [5, 5.41) is 27.8. The van der Waals surface area contributed by atoms with Crippen molar-refractivity contribution in [2.45, 2.75) is 70.3 Å². The molecule has 7 heteroatoms. The SMILES string of the molecule is CC1(C)Cc2ccccc2C1N1CCC(C(N)(CCCCB(O)O)C(=O)O)CC1. The lowest BCUT2D eigenvalue weighted by atomic mass is 9.73. The van der Waals surface area contributed by atoms with Crippen molar-refractivity contribution in [3.05, 3.63) is 35.4 Å². The molecule has 1 saturated heterocycles. The molecule has 160 valence electrons. The number of carboxylic acids is 1. The second-order valence-electron chi connectivity index (χ2n) is 9.65. The van der Waals surface area contributed by atoms with Gasteiger partial charge in [-0.15, -0.1) is 0 Å². The lowest BCUT2D eigenvalue weighted by Crippen LogP contribution is -2.57. The number of rotatable bonds is 8. The predicted molar refractivity (Wildman–Crippen MR) is 114 cm³/mol. The number of piperidine rings is 1. The minimum absolute atomic E-state index is 0.0601. The number of carboxylic acid groups (broad SMARTS) is 1. The Morgan fingerprint density at radius 3 is 2.52 bits per heavy atom. The summed E-state index contributed by atoms with van der Waals surface area (Å²) in [5.41, 5.74) is 8.18. The van der Waals surface area contributed by atoms with Gasteiger partial charge in [-0.3, -0.25) is 9.69 Å². The lowest BCUT2D eigenvalue weighted by molar-refractivity contribution is -0.147. The molecule has 0 spiro atoms. The maximum atomic E-state index is 12.0. The molecule has 2 unspecified atom stereocenters. The van der Waals surface area contributed by atoms with Gasteiger partial charge in [0.15, 0.2) is 0 Å². The van der Waals surface area contributed by atoms with Gasteiger partial charge in [0.1, 0.15) is 5.54 Å². The summed E-state index contributed by atoms with van der Waals surface area (Å²) in [4.78, 5) is 14.5. The summed E-state index contributed by atoms with van der Waals surface area (Å²) in [5.74, 6) is -0.998. The highest BCUT2D eigenvalue weighted by atomic mass is 16.4. The molecule has 1 aliphatic carbocycles. The van der Waals surface area contributed by atoms with Gasteiger partial charge in [-0.1, -0.05) is 51.0 Å². The Bertz CT molecular complexity index is 719. The number of nitrogens with two attached hydrogens (primary N) is 1. The Morgan fingerprint density at radius 2 is 1.90 bits per heavy atom. The molecule has 0 saturated carbocycles. The van der Waals surface area contributed by atoms with Crippen molar-refractivity contribution in [2.75, 3.05) is 13.1 Å². The number of hydrogen-bond donors (Lipinski definition) is 4. The molecule has 1 heterocycles. The van der Waals surface area contributed by atoms with Gasteiger partial charge in [0, 0.05) is 6.04 Å². The number of fused-ring (bicyclic) bond motifs is 1. The molecule has 2 aliphatic rings. The molecule has 2 atom stereocenters. The number of hydrogen-bond acceptors (Lipinski definition) is 5. The Hall–Kier alpha value is -1.41. The Labute approximate surface area is 174 Å². The van der Waals surface area contributed by atoms with Gasteiger partial charge in [0.25, 0.3) is 0 Å². The first kappa shape index (κ1) is 22.3. The summed E-state index contributed by atoms with van der Waals surface area (Å²) in [6.07, 6.45) is 4.40. The molecule has 1 aromatic carbocycles. The molecule has 1 aliphatic heterocycles. The van der Waals surface area contributed by atoms with E-state index < -0.39 is 18.6 Å². The van der Waals surface area contributed by atoms with Crippen molar-refractivity contribution in [3.63, 3.8) is 0 Å². The van der Waals surface area contributed by atoms with Crippen LogP contribution < -0.4 is 5.73 Å². The highest BCUT2D eigenvalue weighted by Crippen LogP contribution is 2.49.